The maximum absolute atomic E-state index is 8.89. The molecule has 0 atom stereocenters. The van der Waals surface area contributed by atoms with E-state index in [4.69, 9.17) is 16.3 Å². The van der Waals surface area contributed by atoms with Crippen molar-refractivity contribution in [3.05, 3.63) is 11.3 Å². The predicted molar refractivity (Wildman–Crippen MR) is 69.2 cm³/mol. The number of nitrogens with two attached hydrogens (primary N) is 1. The molecular formula is C9H9N9S. The quantitative estimate of drug-likeness (QED) is 0.726. The molecule has 0 aliphatic rings. The molecule has 2 aromatic heterocycles. The fraction of sp³-hybridized carbons (Fsp3) is 0.222. The van der Waals surface area contributed by atoms with Crippen molar-refractivity contribution < 1.29 is 0 Å². The molecule has 0 saturated heterocycles. The van der Waals surface area contributed by atoms with Crippen molar-refractivity contribution in [1.29, 1.82) is 10.5 Å². The van der Waals surface area contributed by atoms with Crippen molar-refractivity contribution in [2.45, 2.75) is 6.92 Å². The zero-order valence-electron chi connectivity index (χ0n) is 9.88. The van der Waals surface area contributed by atoms with Crippen LogP contribution in [0.2, 0.25) is 0 Å². The van der Waals surface area contributed by atoms with Gasteiger partial charge in [0.2, 0.25) is 10.3 Å². The minimum absolute atomic E-state index is 0.0337. The zero-order valence-corrected chi connectivity index (χ0v) is 10.7. The van der Waals surface area contributed by atoms with E-state index in [1.807, 2.05) is 13.0 Å². The average Bonchev–Trinajstić information content (AvgIpc) is 2.96. The first-order chi connectivity index (χ1) is 9.19. The number of rotatable bonds is 4. The molecule has 96 valence electrons. The number of hydrogen-bond acceptors (Lipinski definition) is 9. The van der Waals surface area contributed by atoms with Gasteiger partial charge in [0.1, 0.15) is 17.7 Å². The topological polar surface area (TPSA) is 141 Å². The molecule has 0 aliphatic carbocycles. The molecule has 0 bridgehead atoms. The highest BCUT2D eigenvalue weighted by molar-refractivity contribution is 7.19. The second-order valence-electron chi connectivity index (χ2n) is 3.30. The Morgan fingerprint density at radius 2 is 2.05 bits per heavy atom. The summed E-state index contributed by atoms with van der Waals surface area (Å²) < 4.78 is 0. The van der Waals surface area contributed by atoms with E-state index < -0.39 is 0 Å². The Kier molecular flexibility index (Phi) is 3.45. The van der Waals surface area contributed by atoms with Crippen LogP contribution < -0.4 is 16.5 Å². The summed E-state index contributed by atoms with van der Waals surface area (Å²) in [4.78, 5) is 1.13. The summed E-state index contributed by atoms with van der Waals surface area (Å²) in [6.45, 7) is 2.67. The molecule has 0 saturated carbocycles. The van der Waals surface area contributed by atoms with E-state index in [9.17, 15) is 0 Å². The van der Waals surface area contributed by atoms with E-state index in [2.05, 4.69) is 26.0 Å². The van der Waals surface area contributed by atoms with Crippen LogP contribution in [0.5, 0.6) is 0 Å². The number of nitrogens with one attached hydrogen (secondary N) is 2. The molecule has 9 nitrogen and oxygen atoms in total. The highest BCUT2D eigenvalue weighted by atomic mass is 32.1. The molecular weight excluding hydrogens is 266 g/mol. The van der Waals surface area contributed by atoms with Gasteiger partial charge in [0.15, 0.2) is 11.5 Å². The Labute approximate surface area is 112 Å². The summed E-state index contributed by atoms with van der Waals surface area (Å²) in [6, 6.07) is 3.63. The lowest BCUT2D eigenvalue weighted by molar-refractivity contribution is 0.802. The molecule has 0 unspecified atom stereocenters. The Morgan fingerprint density at radius 1 is 1.32 bits per heavy atom. The van der Waals surface area contributed by atoms with Crippen LogP contribution in [0.3, 0.4) is 0 Å². The third-order valence-corrected chi connectivity index (χ3v) is 2.88. The Morgan fingerprint density at radius 3 is 2.63 bits per heavy atom. The van der Waals surface area contributed by atoms with Crippen molar-refractivity contribution in [3.8, 4) is 12.1 Å². The van der Waals surface area contributed by atoms with E-state index in [0.29, 0.717) is 10.3 Å². The summed E-state index contributed by atoms with van der Waals surface area (Å²) in [5.41, 5.74) is 8.47. The molecule has 2 heterocycles. The fourth-order valence-electron chi connectivity index (χ4n) is 1.29. The monoisotopic (exact) mass is 275 g/mol. The maximum atomic E-state index is 8.89. The van der Waals surface area contributed by atoms with Gasteiger partial charge in [0, 0.05) is 6.54 Å². The third kappa shape index (κ3) is 2.38. The first-order valence-electron chi connectivity index (χ1n) is 5.22. The molecule has 0 fully saturated rings. The molecule has 19 heavy (non-hydrogen) atoms. The van der Waals surface area contributed by atoms with Gasteiger partial charge in [-0.3, -0.25) is 0 Å². The summed E-state index contributed by atoms with van der Waals surface area (Å²) in [5.74, 6) is 0.0549. The van der Waals surface area contributed by atoms with Crippen LogP contribution in [0.1, 0.15) is 18.2 Å². The van der Waals surface area contributed by atoms with E-state index in [1.54, 1.807) is 6.07 Å². The second-order valence-corrected chi connectivity index (χ2v) is 4.28. The van der Waals surface area contributed by atoms with Gasteiger partial charge in [-0.15, -0.1) is 15.3 Å². The number of aromatic nitrogens is 4. The van der Waals surface area contributed by atoms with Gasteiger partial charge in [0.25, 0.3) is 0 Å². The van der Waals surface area contributed by atoms with Crippen molar-refractivity contribution in [3.63, 3.8) is 0 Å². The van der Waals surface area contributed by atoms with E-state index in [-0.39, 0.29) is 17.1 Å². The summed E-state index contributed by atoms with van der Waals surface area (Å²) >= 11 is 1.26. The van der Waals surface area contributed by atoms with Crippen LogP contribution >= 0.6 is 11.3 Å². The SMILES string of the molecule is CCNc1nnc(Nn2nc(C#N)c(C#N)c2N)s1. The summed E-state index contributed by atoms with van der Waals surface area (Å²) in [6.07, 6.45) is 0. The standard InChI is InChI=1S/C9H9N9S/c1-2-13-8-14-15-9(19-8)17-18-7(12)5(3-10)6(4-11)16-18/h2,12H2,1H3,(H,13,14)(H,15,17). The van der Waals surface area contributed by atoms with Crippen LogP contribution in [0.25, 0.3) is 0 Å². The van der Waals surface area contributed by atoms with Gasteiger partial charge >= 0.3 is 0 Å². The van der Waals surface area contributed by atoms with Crippen molar-refractivity contribution in [1.82, 2.24) is 20.1 Å². The molecule has 0 radical (unpaired) electrons. The summed E-state index contributed by atoms with van der Waals surface area (Å²) in [5, 5.41) is 33.4. The number of nitrogen functional groups attached to an aromatic ring is 1. The lowest BCUT2D eigenvalue weighted by atomic mass is 10.3. The highest BCUT2D eigenvalue weighted by Gasteiger charge is 2.16. The number of anilines is 3. The van der Waals surface area contributed by atoms with Crippen LogP contribution in [0.15, 0.2) is 0 Å². The van der Waals surface area contributed by atoms with E-state index >= 15 is 0 Å². The number of hydrogen-bond donors (Lipinski definition) is 3. The molecule has 4 N–H and O–H groups in total. The molecule has 2 rings (SSSR count). The van der Waals surface area contributed by atoms with Gasteiger partial charge < -0.3 is 11.1 Å². The minimum atomic E-state index is -0.0380. The largest absolute Gasteiger partial charge is 0.381 e. The normalized spacial score (nSPS) is 9.63. The third-order valence-electron chi connectivity index (χ3n) is 2.09. The van der Waals surface area contributed by atoms with Gasteiger partial charge in [-0.05, 0) is 6.92 Å². The number of nitrogens with zero attached hydrogens (tertiary/aromatic N) is 6. The first-order valence-corrected chi connectivity index (χ1v) is 6.04. The number of nitriles is 2. The zero-order chi connectivity index (χ0) is 13.8. The van der Waals surface area contributed by atoms with E-state index in [0.717, 1.165) is 11.3 Å². The predicted octanol–water partition coefficient (Wildman–Crippen LogP) is 0.367. The Balaban J connectivity index is 2.26. The molecule has 0 aliphatic heterocycles. The average molecular weight is 275 g/mol. The molecule has 0 aromatic carbocycles. The van der Waals surface area contributed by atoms with Gasteiger partial charge in [-0.25, -0.2) is 5.43 Å². The van der Waals surface area contributed by atoms with Crippen molar-refractivity contribution in [2.75, 3.05) is 23.0 Å². The molecule has 0 amide bonds. The van der Waals surface area contributed by atoms with Crippen molar-refractivity contribution in [2.24, 2.45) is 0 Å². The molecule has 10 heteroatoms. The Bertz CT molecular complexity index is 671. The summed E-state index contributed by atoms with van der Waals surface area (Å²) in [7, 11) is 0. The first kappa shape index (κ1) is 12.6. The molecule has 2 aromatic rings. The smallest absolute Gasteiger partial charge is 0.227 e. The molecule has 0 spiro atoms. The van der Waals surface area contributed by atoms with E-state index in [1.165, 1.54) is 11.3 Å². The van der Waals surface area contributed by atoms with Gasteiger partial charge in [-0.2, -0.15) is 15.3 Å². The lowest BCUT2D eigenvalue weighted by Gasteiger charge is -2.02. The van der Waals surface area contributed by atoms with Gasteiger partial charge in [0.05, 0.1) is 0 Å². The van der Waals surface area contributed by atoms with Crippen LogP contribution in [-0.4, -0.2) is 26.6 Å². The lowest BCUT2D eigenvalue weighted by Crippen LogP contribution is -2.13. The van der Waals surface area contributed by atoms with Crippen LogP contribution in [0.4, 0.5) is 16.1 Å². The minimum Gasteiger partial charge on any atom is -0.381 e. The van der Waals surface area contributed by atoms with Gasteiger partial charge in [-0.1, -0.05) is 11.3 Å². The highest BCUT2D eigenvalue weighted by Crippen LogP contribution is 2.21. The Hall–Kier alpha value is -2.85. The maximum Gasteiger partial charge on any atom is 0.227 e. The van der Waals surface area contributed by atoms with Crippen molar-refractivity contribution >= 4 is 27.4 Å². The van der Waals surface area contributed by atoms with Crippen LogP contribution in [0, 0.1) is 22.7 Å². The fourth-order valence-corrected chi connectivity index (χ4v) is 1.98. The second kappa shape index (κ2) is 5.20. The van der Waals surface area contributed by atoms with Crippen LogP contribution in [-0.2, 0) is 0 Å².